The third-order valence-corrected chi connectivity index (χ3v) is 5.86. The molecule has 0 saturated carbocycles. The van der Waals surface area contributed by atoms with Crippen molar-refractivity contribution in [2.45, 2.75) is 40.7 Å². The summed E-state index contributed by atoms with van der Waals surface area (Å²) in [6.07, 6.45) is -0.887. The molecular formula is C22H23NO3S. The molecule has 0 aliphatic rings. The second-order valence-corrected chi connectivity index (χ2v) is 7.92. The van der Waals surface area contributed by atoms with Crippen molar-refractivity contribution in [2.24, 2.45) is 0 Å². The average molecular weight is 381 g/mol. The molecule has 2 aromatic carbocycles. The molecule has 0 spiro atoms. The number of anilines is 1. The van der Waals surface area contributed by atoms with Crippen LogP contribution in [0.1, 0.15) is 38.8 Å². The van der Waals surface area contributed by atoms with Crippen molar-refractivity contribution in [3.63, 3.8) is 0 Å². The van der Waals surface area contributed by atoms with Gasteiger partial charge in [-0.15, -0.1) is 11.3 Å². The van der Waals surface area contributed by atoms with Crippen LogP contribution in [0.4, 0.5) is 5.69 Å². The second-order valence-electron chi connectivity index (χ2n) is 6.86. The van der Waals surface area contributed by atoms with E-state index in [2.05, 4.69) is 5.32 Å². The molecule has 0 bridgehead atoms. The maximum Gasteiger partial charge on any atom is 0.349 e. The van der Waals surface area contributed by atoms with Crippen LogP contribution in [0.5, 0.6) is 0 Å². The van der Waals surface area contributed by atoms with E-state index in [1.807, 2.05) is 64.1 Å². The van der Waals surface area contributed by atoms with Gasteiger partial charge < -0.3 is 10.1 Å². The number of thiophene rings is 1. The first-order chi connectivity index (χ1) is 12.8. The molecule has 1 N–H and O–H groups in total. The second kappa shape index (κ2) is 7.53. The number of fused-ring (bicyclic) bond motifs is 1. The van der Waals surface area contributed by atoms with Gasteiger partial charge in [-0.3, -0.25) is 4.79 Å². The number of aryl methyl sites for hydroxylation is 4. The first-order valence-corrected chi connectivity index (χ1v) is 9.67. The highest BCUT2D eigenvalue weighted by atomic mass is 32.1. The predicted molar refractivity (Wildman–Crippen MR) is 111 cm³/mol. The van der Waals surface area contributed by atoms with Gasteiger partial charge in [0.2, 0.25) is 0 Å². The lowest BCUT2D eigenvalue weighted by molar-refractivity contribution is -0.123. The van der Waals surface area contributed by atoms with Crippen LogP contribution < -0.4 is 5.32 Å². The molecule has 3 aromatic rings. The number of hydrogen-bond acceptors (Lipinski definition) is 4. The highest BCUT2D eigenvalue weighted by Gasteiger charge is 2.23. The summed E-state index contributed by atoms with van der Waals surface area (Å²) in [4.78, 5) is 25.7. The van der Waals surface area contributed by atoms with E-state index in [1.54, 1.807) is 6.92 Å². The number of nitrogens with one attached hydrogen (secondary N) is 1. The van der Waals surface area contributed by atoms with Crippen LogP contribution in [-0.4, -0.2) is 18.0 Å². The minimum absolute atomic E-state index is 0.336. The lowest BCUT2D eigenvalue weighted by Gasteiger charge is -2.16. The molecule has 5 heteroatoms. The van der Waals surface area contributed by atoms with Crippen LogP contribution >= 0.6 is 11.3 Å². The third kappa shape index (κ3) is 3.88. The number of benzene rings is 2. The quantitative estimate of drug-likeness (QED) is 0.622. The van der Waals surface area contributed by atoms with E-state index >= 15 is 0 Å². The smallest absolute Gasteiger partial charge is 0.349 e. The minimum atomic E-state index is -0.887. The zero-order chi connectivity index (χ0) is 19.7. The molecular weight excluding hydrogens is 358 g/mol. The zero-order valence-corrected chi connectivity index (χ0v) is 17.0. The van der Waals surface area contributed by atoms with Crippen molar-refractivity contribution in [1.29, 1.82) is 0 Å². The van der Waals surface area contributed by atoms with Gasteiger partial charge in [0.1, 0.15) is 4.88 Å². The summed E-state index contributed by atoms with van der Waals surface area (Å²) in [5, 5.41) is 3.93. The molecule has 4 nitrogen and oxygen atoms in total. The summed E-state index contributed by atoms with van der Waals surface area (Å²) in [7, 11) is 0. The van der Waals surface area contributed by atoms with Crippen molar-refractivity contribution >= 4 is 39.0 Å². The Kier molecular flexibility index (Phi) is 5.33. The molecule has 0 saturated heterocycles. The first kappa shape index (κ1) is 19.1. The van der Waals surface area contributed by atoms with E-state index in [0.717, 1.165) is 38.0 Å². The van der Waals surface area contributed by atoms with E-state index in [-0.39, 0.29) is 5.91 Å². The van der Waals surface area contributed by atoms with Gasteiger partial charge in [0, 0.05) is 10.4 Å². The Morgan fingerprint density at radius 2 is 1.67 bits per heavy atom. The van der Waals surface area contributed by atoms with Gasteiger partial charge in [-0.1, -0.05) is 35.9 Å². The average Bonchev–Trinajstić information content (AvgIpc) is 2.95. The lowest BCUT2D eigenvalue weighted by Crippen LogP contribution is -2.30. The third-order valence-electron chi connectivity index (χ3n) is 4.61. The summed E-state index contributed by atoms with van der Waals surface area (Å²) >= 11 is 1.39. The van der Waals surface area contributed by atoms with Gasteiger partial charge >= 0.3 is 5.97 Å². The normalized spacial score (nSPS) is 12.0. The molecule has 0 fully saturated rings. The fourth-order valence-electron chi connectivity index (χ4n) is 3.24. The molecule has 0 aliphatic heterocycles. The van der Waals surface area contributed by atoms with Crippen molar-refractivity contribution in [1.82, 2.24) is 0 Å². The van der Waals surface area contributed by atoms with Gasteiger partial charge in [0.25, 0.3) is 5.91 Å². The molecule has 1 atom stereocenters. The standard InChI is InChI=1S/C22H23NO3S/c1-12-10-13(2)19(14(3)11-12)23-21(24)16(5)26-22(25)20-15(4)17-8-6-7-9-18(17)27-20/h6-11,16H,1-5H3,(H,23,24)/t16-/m1/s1. The minimum Gasteiger partial charge on any atom is -0.448 e. The van der Waals surface area contributed by atoms with Crippen LogP contribution in [0, 0.1) is 27.7 Å². The maximum atomic E-state index is 12.6. The molecule has 140 valence electrons. The summed E-state index contributed by atoms with van der Waals surface area (Å²) in [6, 6.07) is 11.9. The summed E-state index contributed by atoms with van der Waals surface area (Å²) in [6.45, 7) is 9.41. The topological polar surface area (TPSA) is 55.4 Å². The molecule has 0 unspecified atom stereocenters. The van der Waals surface area contributed by atoms with Crippen LogP contribution in [0.2, 0.25) is 0 Å². The fourth-order valence-corrected chi connectivity index (χ4v) is 4.33. The molecule has 1 amide bonds. The molecule has 27 heavy (non-hydrogen) atoms. The Balaban J connectivity index is 1.74. The summed E-state index contributed by atoms with van der Waals surface area (Å²) < 4.78 is 6.48. The van der Waals surface area contributed by atoms with E-state index in [9.17, 15) is 9.59 Å². The van der Waals surface area contributed by atoms with Crippen LogP contribution in [0.3, 0.4) is 0 Å². The van der Waals surface area contributed by atoms with E-state index in [1.165, 1.54) is 11.3 Å². The van der Waals surface area contributed by atoms with Crippen LogP contribution in [0.25, 0.3) is 10.1 Å². The predicted octanol–water partition coefficient (Wildman–Crippen LogP) is 5.32. The Labute approximate surface area is 163 Å². The lowest BCUT2D eigenvalue weighted by atomic mass is 10.0. The van der Waals surface area contributed by atoms with Crippen LogP contribution in [0.15, 0.2) is 36.4 Å². The van der Waals surface area contributed by atoms with Crippen molar-refractivity contribution in [2.75, 3.05) is 5.32 Å². The maximum absolute atomic E-state index is 12.6. The Morgan fingerprint density at radius 3 is 2.30 bits per heavy atom. The van der Waals surface area contributed by atoms with Gasteiger partial charge in [0.05, 0.1) is 0 Å². The molecule has 1 heterocycles. The monoisotopic (exact) mass is 381 g/mol. The van der Waals surface area contributed by atoms with Gasteiger partial charge in [-0.05, 0) is 62.8 Å². The zero-order valence-electron chi connectivity index (χ0n) is 16.2. The van der Waals surface area contributed by atoms with Crippen molar-refractivity contribution < 1.29 is 14.3 Å². The molecule has 0 aliphatic carbocycles. The first-order valence-electron chi connectivity index (χ1n) is 8.85. The number of carbonyl (C=O) groups excluding carboxylic acids is 2. The molecule has 1 aromatic heterocycles. The van der Waals surface area contributed by atoms with Gasteiger partial charge in [-0.2, -0.15) is 0 Å². The van der Waals surface area contributed by atoms with Gasteiger partial charge in [0.15, 0.2) is 6.10 Å². The number of hydrogen-bond donors (Lipinski definition) is 1. The van der Waals surface area contributed by atoms with E-state index < -0.39 is 12.1 Å². The Bertz CT molecular complexity index is 1010. The van der Waals surface area contributed by atoms with Crippen LogP contribution in [-0.2, 0) is 9.53 Å². The Morgan fingerprint density at radius 1 is 1.04 bits per heavy atom. The van der Waals surface area contributed by atoms with Crippen molar-refractivity contribution in [3.05, 3.63) is 63.5 Å². The highest BCUT2D eigenvalue weighted by Crippen LogP contribution is 2.31. The summed E-state index contributed by atoms with van der Waals surface area (Å²) in [5.41, 5.74) is 4.77. The number of amides is 1. The van der Waals surface area contributed by atoms with Gasteiger partial charge in [-0.25, -0.2) is 4.79 Å². The van der Waals surface area contributed by atoms with Crippen molar-refractivity contribution in [3.8, 4) is 0 Å². The molecule has 0 radical (unpaired) electrons. The largest absolute Gasteiger partial charge is 0.448 e. The van der Waals surface area contributed by atoms with E-state index in [4.69, 9.17) is 4.74 Å². The number of esters is 1. The number of carbonyl (C=O) groups is 2. The molecule has 3 rings (SSSR count). The SMILES string of the molecule is Cc1cc(C)c(NC(=O)[C@@H](C)OC(=O)c2sc3ccccc3c2C)c(C)c1. The number of ether oxygens (including phenoxy) is 1. The fraction of sp³-hybridized carbons (Fsp3) is 0.273. The number of rotatable bonds is 4. The summed E-state index contributed by atoms with van der Waals surface area (Å²) in [5.74, 6) is -0.800. The van der Waals surface area contributed by atoms with E-state index in [0.29, 0.717) is 4.88 Å². The Hall–Kier alpha value is -2.66. The highest BCUT2D eigenvalue weighted by molar-refractivity contribution is 7.21.